The van der Waals surface area contributed by atoms with Crippen molar-refractivity contribution in [1.29, 1.82) is 0 Å². The summed E-state index contributed by atoms with van der Waals surface area (Å²) >= 11 is 0. The molecular weight excluding hydrogens is 649 g/mol. The van der Waals surface area contributed by atoms with E-state index in [1.807, 2.05) is 49.9 Å². The van der Waals surface area contributed by atoms with Gasteiger partial charge in [-0.15, -0.1) is 0 Å². The van der Waals surface area contributed by atoms with Gasteiger partial charge in [0, 0.05) is 74.2 Å². The first kappa shape index (κ1) is 31.7. The van der Waals surface area contributed by atoms with Crippen LogP contribution >= 0.6 is 0 Å². The van der Waals surface area contributed by atoms with Gasteiger partial charge in [0.05, 0.1) is 33.6 Å². The zero-order valence-corrected chi connectivity index (χ0v) is 30.2. The van der Waals surface area contributed by atoms with Crippen molar-refractivity contribution in [2.45, 2.75) is 101 Å². The third kappa shape index (κ3) is 5.05. The van der Waals surface area contributed by atoms with Gasteiger partial charge in [-0.1, -0.05) is 23.8 Å². The third-order valence-electron chi connectivity index (χ3n) is 11.5. The molecule has 3 aliphatic heterocycles. The Labute approximate surface area is 293 Å². The Morgan fingerprint density at radius 1 is 0.900 bits per heavy atom. The maximum absolute atomic E-state index is 13.9. The lowest BCUT2D eigenvalue weighted by atomic mass is 9.96. The van der Waals surface area contributed by atoms with Crippen LogP contribution in [0, 0.1) is 20.8 Å². The molecule has 1 aliphatic carbocycles. The molecule has 3 atom stereocenters. The first-order chi connectivity index (χ1) is 24.1. The molecule has 2 bridgehead atoms. The van der Waals surface area contributed by atoms with Crippen LogP contribution in [0.25, 0.3) is 22.3 Å². The Hall–Kier alpha value is -4.29. The molecule has 1 saturated carbocycles. The number of hydrogen-bond acceptors (Lipinski definition) is 9. The van der Waals surface area contributed by atoms with Crippen molar-refractivity contribution in [2.24, 2.45) is 7.05 Å². The van der Waals surface area contributed by atoms with Crippen molar-refractivity contribution in [2.75, 3.05) is 23.5 Å². The molecule has 0 radical (unpaired) electrons. The third-order valence-corrected chi connectivity index (χ3v) is 13.1. The first-order valence-electron chi connectivity index (χ1n) is 17.9. The van der Waals surface area contributed by atoms with Crippen molar-refractivity contribution in [1.82, 2.24) is 28.9 Å². The van der Waals surface area contributed by atoms with E-state index in [0.29, 0.717) is 41.6 Å². The monoisotopic (exact) mass is 692 g/mol. The fraction of sp³-hybridized carbons (Fsp3) is 0.474. The molecular formula is C38H44N8O3S. The van der Waals surface area contributed by atoms with Gasteiger partial charge in [-0.25, -0.2) is 9.97 Å². The lowest BCUT2D eigenvalue weighted by molar-refractivity contribution is 0.0681. The summed E-state index contributed by atoms with van der Waals surface area (Å²) in [6, 6.07) is 13.7. The summed E-state index contributed by atoms with van der Waals surface area (Å²) in [4.78, 5) is 16.0. The molecule has 0 N–H and O–H groups in total. The highest BCUT2D eigenvalue weighted by molar-refractivity contribution is 7.90. The van der Waals surface area contributed by atoms with E-state index in [1.165, 1.54) is 28.2 Å². The Kier molecular flexibility index (Phi) is 7.37. The van der Waals surface area contributed by atoms with Gasteiger partial charge in [-0.2, -0.15) is 22.7 Å². The highest BCUT2D eigenvalue weighted by Crippen LogP contribution is 2.45. The van der Waals surface area contributed by atoms with Gasteiger partial charge in [0.15, 0.2) is 5.82 Å². The fourth-order valence-corrected chi connectivity index (χ4v) is 10.0. The van der Waals surface area contributed by atoms with Crippen LogP contribution in [0.5, 0.6) is 0 Å². The largest absolute Gasteiger partial charge is 0.381 e. The molecule has 12 heteroatoms. The lowest BCUT2D eigenvalue weighted by Crippen LogP contribution is -2.47. The summed E-state index contributed by atoms with van der Waals surface area (Å²) in [5.41, 5.74) is 7.43. The molecule has 6 heterocycles. The molecule has 50 heavy (non-hydrogen) atoms. The van der Waals surface area contributed by atoms with E-state index in [0.717, 1.165) is 78.1 Å². The van der Waals surface area contributed by atoms with Gasteiger partial charge in [0.1, 0.15) is 11.6 Å². The average Bonchev–Trinajstić information content (AvgIpc) is 3.73. The number of nitrogens with zero attached hydrogens (tertiary/aromatic N) is 8. The number of fused-ring (bicyclic) bond motifs is 4. The molecule has 0 unspecified atom stereocenters. The lowest BCUT2D eigenvalue weighted by Gasteiger charge is -2.41. The molecule has 0 amide bonds. The molecule has 11 nitrogen and oxygen atoms in total. The molecule has 4 aliphatic rings. The molecule has 0 spiro atoms. The van der Waals surface area contributed by atoms with Crippen LogP contribution < -0.4 is 9.80 Å². The highest BCUT2D eigenvalue weighted by Gasteiger charge is 2.44. The number of anilines is 2. The highest BCUT2D eigenvalue weighted by atomic mass is 32.2. The van der Waals surface area contributed by atoms with Crippen LogP contribution in [0.3, 0.4) is 0 Å². The first-order valence-corrected chi connectivity index (χ1v) is 19.4. The second-order valence-corrected chi connectivity index (χ2v) is 16.6. The predicted octanol–water partition coefficient (Wildman–Crippen LogP) is 5.98. The van der Waals surface area contributed by atoms with E-state index >= 15 is 0 Å². The van der Waals surface area contributed by atoms with Gasteiger partial charge in [-0.3, -0.25) is 4.68 Å². The molecule has 5 aromatic rings. The van der Waals surface area contributed by atoms with Crippen molar-refractivity contribution >= 4 is 32.6 Å². The zero-order valence-electron chi connectivity index (χ0n) is 29.4. The molecule has 3 aromatic heterocycles. The Morgan fingerprint density at radius 3 is 2.34 bits per heavy atom. The second-order valence-electron chi connectivity index (χ2n) is 14.8. The van der Waals surface area contributed by atoms with Crippen LogP contribution in [0.15, 0.2) is 47.4 Å². The van der Waals surface area contributed by atoms with Crippen LogP contribution in [-0.2, 0) is 34.8 Å². The van der Waals surface area contributed by atoms with Gasteiger partial charge in [0.2, 0.25) is 0 Å². The van der Waals surface area contributed by atoms with Crippen molar-refractivity contribution in [3.8, 4) is 11.4 Å². The second kappa shape index (κ2) is 11.6. The van der Waals surface area contributed by atoms with Gasteiger partial charge in [0.25, 0.3) is 10.0 Å². The summed E-state index contributed by atoms with van der Waals surface area (Å²) in [7, 11) is -0.0470. The molecule has 2 saturated heterocycles. The zero-order chi connectivity index (χ0) is 34.5. The fourth-order valence-electron chi connectivity index (χ4n) is 8.68. The summed E-state index contributed by atoms with van der Waals surface area (Å²) in [5, 5.41) is 10.3. The Morgan fingerprint density at radius 2 is 1.64 bits per heavy atom. The summed E-state index contributed by atoms with van der Waals surface area (Å²) in [6.07, 6.45) is 7.68. The van der Waals surface area contributed by atoms with E-state index in [4.69, 9.17) is 19.8 Å². The minimum absolute atomic E-state index is 0.208. The number of aryl methyl sites for hydroxylation is 4. The number of aromatic nitrogens is 6. The van der Waals surface area contributed by atoms with Gasteiger partial charge >= 0.3 is 0 Å². The minimum atomic E-state index is -3.93. The average molecular weight is 693 g/mol. The van der Waals surface area contributed by atoms with Crippen molar-refractivity contribution in [3.63, 3.8) is 0 Å². The normalized spacial score (nSPS) is 22.1. The maximum atomic E-state index is 13.9. The molecule has 2 aromatic carbocycles. The number of hydrogen-bond donors (Lipinski definition) is 0. The van der Waals surface area contributed by atoms with Gasteiger partial charge in [-0.05, 0) is 83.1 Å². The predicted molar refractivity (Wildman–Crippen MR) is 193 cm³/mol. The molecule has 260 valence electrons. The van der Waals surface area contributed by atoms with E-state index in [2.05, 4.69) is 34.9 Å². The quantitative estimate of drug-likeness (QED) is 0.204. The molecule has 9 rings (SSSR count). The summed E-state index contributed by atoms with van der Waals surface area (Å²) in [5.74, 6) is 3.38. The van der Waals surface area contributed by atoms with E-state index < -0.39 is 10.0 Å². The molecule has 3 fully saturated rings. The number of rotatable bonds is 7. The number of benzene rings is 2. The smallest absolute Gasteiger partial charge is 0.283 e. The summed E-state index contributed by atoms with van der Waals surface area (Å²) < 4.78 is 37.0. The maximum Gasteiger partial charge on any atom is 0.283 e. The van der Waals surface area contributed by atoms with Crippen LogP contribution in [-0.4, -0.2) is 69.2 Å². The number of piperidine rings is 1. The van der Waals surface area contributed by atoms with Gasteiger partial charge < -0.3 is 14.5 Å². The SMILES string of the molecule is CO[C@H]1C[C@H]2CC[C@@H](C1)N2c1nc(-c2c(C)ccc3c2c(C)nn3S(=O)(=O)c2ccc(C)cc2)nc2c1CN(c1cc(C3CC3)nn1C)CC2. The van der Waals surface area contributed by atoms with E-state index in [9.17, 15) is 8.42 Å². The summed E-state index contributed by atoms with van der Waals surface area (Å²) in [6.45, 7) is 7.42. The minimum Gasteiger partial charge on any atom is -0.381 e. The number of ether oxygens (including phenoxy) is 1. The van der Waals surface area contributed by atoms with E-state index in [1.54, 1.807) is 12.1 Å². The topological polar surface area (TPSA) is 111 Å². The van der Waals surface area contributed by atoms with Crippen molar-refractivity contribution < 1.29 is 13.2 Å². The van der Waals surface area contributed by atoms with Crippen LogP contribution in [0.2, 0.25) is 0 Å². The van der Waals surface area contributed by atoms with Crippen molar-refractivity contribution in [3.05, 3.63) is 76.2 Å². The standard InChI is InChI=1S/C38H44N8O3S/c1-22-6-13-29(14-7-22)50(47,48)46-33-15-8-23(2)35(36(33)24(3)41-46)37-39-31-16-17-44(34-20-32(25-9-10-25)42-43(34)4)21-30(31)38(40-37)45-26-11-12-27(45)19-28(18-26)49-5/h6-8,13-15,20,25-28H,9-12,16-19,21H2,1-5H3/t26-,27+,28+. The Bertz CT molecular complexity index is 2240. The Balaban J connectivity index is 1.19. The van der Waals surface area contributed by atoms with E-state index in [-0.39, 0.29) is 11.0 Å². The van der Waals surface area contributed by atoms with Crippen LogP contribution in [0.1, 0.15) is 78.2 Å². The number of methoxy groups -OCH3 is 1. The van der Waals surface area contributed by atoms with Crippen LogP contribution in [0.4, 0.5) is 11.6 Å².